The molecule has 1 heterocycles. The number of nitrogens with two attached hydrogens (primary N) is 1. The van der Waals surface area contributed by atoms with Crippen molar-refractivity contribution in [3.8, 4) is 0 Å². The van der Waals surface area contributed by atoms with Gasteiger partial charge in [0.25, 0.3) is 0 Å². The van der Waals surface area contributed by atoms with Crippen LogP contribution in [0, 0.1) is 0 Å². The zero-order valence-corrected chi connectivity index (χ0v) is 9.20. The van der Waals surface area contributed by atoms with Gasteiger partial charge in [-0.25, -0.2) is 0 Å². The molecule has 4 heteroatoms. The third-order valence-electron chi connectivity index (χ3n) is 2.54. The van der Waals surface area contributed by atoms with Gasteiger partial charge in [0.2, 0.25) is 5.91 Å². The highest BCUT2D eigenvalue weighted by molar-refractivity contribution is 5.78. The highest BCUT2D eigenvalue weighted by atomic mass is 16.2. The van der Waals surface area contributed by atoms with Crippen LogP contribution in [0.25, 0.3) is 0 Å². The van der Waals surface area contributed by atoms with E-state index in [1.165, 1.54) is 0 Å². The standard InChI is InChI=1S/C10H21N3O/c1-3-13-6-4-5-12(7-9(2)11)8-10(13)14/h9H,3-8,11H2,1-2H3. The summed E-state index contributed by atoms with van der Waals surface area (Å²) in [5.41, 5.74) is 5.72. The third kappa shape index (κ3) is 3.27. The Kier molecular flexibility index (Phi) is 4.35. The molecule has 1 aliphatic heterocycles. The first-order valence-electron chi connectivity index (χ1n) is 5.39. The summed E-state index contributed by atoms with van der Waals surface area (Å²) in [4.78, 5) is 15.8. The number of amides is 1. The number of likely N-dealkylation sites (N-methyl/N-ethyl adjacent to an activating group) is 1. The van der Waals surface area contributed by atoms with E-state index in [0.717, 1.165) is 32.6 Å². The first-order valence-corrected chi connectivity index (χ1v) is 5.39. The Hall–Kier alpha value is -0.610. The number of carbonyl (C=O) groups excluding carboxylic acids is 1. The quantitative estimate of drug-likeness (QED) is 0.690. The van der Waals surface area contributed by atoms with Crippen molar-refractivity contribution in [3.05, 3.63) is 0 Å². The molecule has 1 atom stereocenters. The summed E-state index contributed by atoms with van der Waals surface area (Å²) in [6.45, 7) is 8.07. The molecule has 2 N–H and O–H groups in total. The Morgan fingerprint density at radius 1 is 1.50 bits per heavy atom. The molecule has 0 aromatic heterocycles. The molecule has 1 saturated heterocycles. The number of hydrogen-bond donors (Lipinski definition) is 1. The van der Waals surface area contributed by atoms with Gasteiger partial charge in [0.15, 0.2) is 0 Å². The van der Waals surface area contributed by atoms with E-state index in [0.29, 0.717) is 6.54 Å². The van der Waals surface area contributed by atoms with Crippen LogP contribution >= 0.6 is 0 Å². The van der Waals surface area contributed by atoms with E-state index in [-0.39, 0.29) is 11.9 Å². The molecule has 1 aliphatic rings. The van der Waals surface area contributed by atoms with Gasteiger partial charge in [0.1, 0.15) is 0 Å². The first kappa shape index (κ1) is 11.5. The van der Waals surface area contributed by atoms with E-state index in [4.69, 9.17) is 5.73 Å². The Morgan fingerprint density at radius 2 is 2.21 bits per heavy atom. The van der Waals surface area contributed by atoms with E-state index >= 15 is 0 Å². The summed E-state index contributed by atoms with van der Waals surface area (Å²) in [6, 6.07) is 0.149. The van der Waals surface area contributed by atoms with Crippen molar-refractivity contribution in [1.82, 2.24) is 9.80 Å². The van der Waals surface area contributed by atoms with Crippen molar-refractivity contribution in [2.75, 3.05) is 32.7 Å². The molecule has 1 fully saturated rings. The lowest BCUT2D eigenvalue weighted by Crippen LogP contribution is -2.40. The molecule has 0 spiro atoms. The minimum absolute atomic E-state index is 0.149. The molecule has 0 aliphatic carbocycles. The second kappa shape index (κ2) is 5.32. The van der Waals surface area contributed by atoms with Crippen molar-refractivity contribution in [3.63, 3.8) is 0 Å². The molecule has 0 bridgehead atoms. The molecule has 0 aromatic carbocycles. The molecule has 0 radical (unpaired) electrons. The van der Waals surface area contributed by atoms with Crippen LogP contribution in [0.3, 0.4) is 0 Å². The van der Waals surface area contributed by atoms with Gasteiger partial charge in [0, 0.05) is 32.2 Å². The van der Waals surface area contributed by atoms with Crippen molar-refractivity contribution < 1.29 is 4.79 Å². The number of carbonyl (C=O) groups is 1. The summed E-state index contributed by atoms with van der Waals surface area (Å²) in [5, 5.41) is 0. The predicted octanol–water partition coefficient (Wildman–Crippen LogP) is -0.112. The molecule has 4 nitrogen and oxygen atoms in total. The van der Waals surface area contributed by atoms with Crippen molar-refractivity contribution >= 4 is 5.91 Å². The van der Waals surface area contributed by atoms with E-state index in [9.17, 15) is 4.79 Å². The fourth-order valence-corrected chi connectivity index (χ4v) is 1.88. The lowest BCUT2D eigenvalue weighted by Gasteiger charge is -2.21. The average Bonchev–Trinajstić information content (AvgIpc) is 2.25. The van der Waals surface area contributed by atoms with Gasteiger partial charge >= 0.3 is 0 Å². The first-order chi connectivity index (χ1) is 6.63. The Morgan fingerprint density at radius 3 is 2.79 bits per heavy atom. The minimum atomic E-state index is 0.149. The van der Waals surface area contributed by atoms with E-state index in [2.05, 4.69) is 4.90 Å². The van der Waals surface area contributed by atoms with Crippen LogP contribution in [0.4, 0.5) is 0 Å². The molecule has 0 aromatic rings. The SMILES string of the molecule is CCN1CCCN(CC(C)N)CC1=O. The van der Waals surface area contributed by atoms with Crippen LogP contribution < -0.4 is 5.73 Å². The smallest absolute Gasteiger partial charge is 0.236 e. The summed E-state index contributed by atoms with van der Waals surface area (Å²) in [7, 11) is 0. The average molecular weight is 199 g/mol. The number of hydrogen-bond acceptors (Lipinski definition) is 3. The van der Waals surface area contributed by atoms with Gasteiger partial charge < -0.3 is 10.6 Å². The summed E-state index contributed by atoms with van der Waals surface area (Å²) >= 11 is 0. The van der Waals surface area contributed by atoms with Crippen molar-refractivity contribution in [2.45, 2.75) is 26.3 Å². The molecule has 1 amide bonds. The lowest BCUT2D eigenvalue weighted by molar-refractivity contribution is -0.131. The van der Waals surface area contributed by atoms with Crippen LogP contribution in [0.5, 0.6) is 0 Å². The summed E-state index contributed by atoms with van der Waals surface area (Å²) < 4.78 is 0. The normalized spacial score (nSPS) is 22.2. The molecule has 0 saturated carbocycles. The highest BCUT2D eigenvalue weighted by Crippen LogP contribution is 2.04. The van der Waals surface area contributed by atoms with Gasteiger partial charge in [-0.1, -0.05) is 0 Å². The van der Waals surface area contributed by atoms with Crippen LogP contribution in [0.2, 0.25) is 0 Å². The molecule has 1 rings (SSSR count). The van der Waals surface area contributed by atoms with Crippen LogP contribution in [0.15, 0.2) is 0 Å². The van der Waals surface area contributed by atoms with Crippen LogP contribution in [-0.4, -0.2) is 54.5 Å². The molecular formula is C10H21N3O. The second-order valence-corrected chi connectivity index (χ2v) is 4.04. The second-order valence-electron chi connectivity index (χ2n) is 4.04. The maximum atomic E-state index is 11.7. The van der Waals surface area contributed by atoms with Crippen molar-refractivity contribution in [2.24, 2.45) is 5.73 Å². The Bertz CT molecular complexity index is 194. The van der Waals surface area contributed by atoms with Gasteiger partial charge in [-0.2, -0.15) is 0 Å². The van der Waals surface area contributed by atoms with Crippen LogP contribution in [-0.2, 0) is 4.79 Å². The minimum Gasteiger partial charge on any atom is -0.342 e. The van der Waals surface area contributed by atoms with E-state index in [1.54, 1.807) is 0 Å². The van der Waals surface area contributed by atoms with Gasteiger partial charge in [-0.15, -0.1) is 0 Å². The molecule has 1 unspecified atom stereocenters. The fourth-order valence-electron chi connectivity index (χ4n) is 1.88. The van der Waals surface area contributed by atoms with Gasteiger partial charge in [-0.05, 0) is 20.3 Å². The van der Waals surface area contributed by atoms with E-state index in [1.807, 2.05) is 18.7 Å². The highest BCUT2D eigenvalue weighted by Gasteiger charge is 2.20. The zero-order valence-electron chi connectivity index (χ0n) is 9.20. The molecule has 82 valence electrons. The molecular weight excluding hydrogens is 178 g/mol. The van der Waals surface area contributed by atoms with Crippen LogP contribution in [0.1, 0.15) is 20.3 Å². The third-order valence-corrected chi connectivity index (χ3v) is 2.54. The monoisotopic (exact) mass is 199 g/mol. The van der Waals surface area contributed by atoms with Gasteiger partial charge in [0.05, 0.1) is 6.54 Å². The van der Waals surface area contributed by atoms with Crippen molar-refractivity contribution in [1.29, 1.82) is 0 Å². The maximum absolute atomic E-state index is 11.7. The summed E-state index contributed by atoms with van der Waals surface area (Å²) in [5.74, 6) is 0.241. The zero-order chi connectivity index (χ0) is 10.6. The maximum Gasteiger partial charge on any atom is 0.236 e. The summed E-state index contributed by atoms with van der Waals surface area (Å²) in [6.07, 6.45) is 1.06. The van der Waals surface area contributed by atoms with E-state index < -0.39 is 0 Å². The predicted molar refractivity (Wildman–Crippen MR) is 57.0 cm³/mol. The topological polar surface area (TPSA) is 49.6 Å². The fraction of sp³-hybridized carbons (Fsp3) is 0.900. The number of nitrogens with zero attached hydrogens (tertiary/aromatic N) is 2. The Labute approximate surface area is 86.0 Å². The lowest BCUT2D eigenvalue weighted by atomic mass is 10.3. The molecule has 14 heavy (non-hydrogen) atoms. The van der Waals surface area contributed by atoms with Gasteiger partial charge in [-0.3, -0.25) is 9.69 Å². The Balaban J connectivity index is 2.47. The largest absolute Gasteiger partial charge is 0.342 e. The number of rotatable bonds is 3.